The van der Waals surface area contributed by atoms with Crippen LogP contribution in [-0.2, 0) is 0 Å². The third-order valence-corrected chi connectivity index (χ3v) is 3.17. The molecule has 0 fully saturated rings. The zero-order valence-electron chi connectivity index (χ0n) is 10.9. The Balaban J connectivity index is 2.97. The molecule has 0 radical (unpaired) electrons. The lowest BCUT2D eigenvalue weighted by Gasteiger charge is -2.32. The van der Waals surface area contributed by atoms with Gasteiger partial charge >= 0.3 is 0 Å². The molecule has 5 heteroatoms. The summed E-state index contributed by atoms with van der Waals surface area (Å²) in [6.45, 7) is 6.24. The minimum Gasteiger partial charge on any atom is -0.397 e. The summed E-state index contributed by atoms with van der Waals surface area (Å²) in [5.41, 5.74) is 6.60. The molecular formula is C13H20ClFN2O. The van der Waals surface area contributed by atoms with Crippen molar-refractivity contribution in [2.75, 3.05) is 17.7 Å². The maximum atomic E-state index is 13.2. The van der Waals surface area contributed by atoms with Gasteiger partial charge in [-0.2, -0.15) is 0 Å². The Labute approximate surface area is 112 Å². The Kier molecular flexibility index (Phi) is 4.82. The summed E-state index contributed by atoms with van der Waals surface area (Å²) in [7, 11) is 0. The highest BCUT2D eigenvalue weighted by atomic mass is 35.5. The monoisotopic (exact) mass is 274 g/mol. The molecule has 0 aliphatic rings. The Morgan fingerprint density at radius 3 is 2.56 bits per heavy atom. The second-order valence-corrected chi connectivity index (χ2v) is 5.84. The molecule has 1 unspecified atom stereocenters. The highest BCUT2D eigenvalue weighted by molar-refractivity contribution is 6.31. The van der Waals surface area contributed by atoms with Gasteiger partial charge in [-0.05, 0) is 17.9 Å². The average Bonchev–Trinajstić information content (AvgIpc) is 2.23. The fourth-order valence-electron chi connectivity index (χ4n) is 1.73. The standard InChI is InChI=1S/C13H20ClFN2O/c1-13(2,3)12(4-5-18)17-11-6-8(14)9(15)7-10(11)16/h6-7,12,17-18H,4-5,16H2,1-3H3. The molecular weight excluding hydrogens is 255 g/mol. The smallest absolute Gasteiger partial charge is 0.143 e. The molecule has 102 valence electrons. The van der Waals surface area contributed by atoms with E-state index in [9.17, 15) is 4.39 Å². The maximum Gasteiger partial charge on any atom is 0.143 e. The molecule has 1 aromatic rings. The Bertz CT molecular complexity index is 418. The number of aliphatic hydroxyl groups is 1. The van der Waals surface area contributed by atoms with Crippen molar-refractivity contribution in [3.8, 4) is 0 Å². The van der Waals surface area contributed by atoms with Gasteiger partial charge in [0, 0.05) is 18.7 Å². The molecule has 1 rings (SSSR count). The number of aliphatic hydroxyl groups excluding tert-OH is 1. The number of benzene rings is 1. The van der Waals surface area contributed by atoms with E-state index >= 15 is 0 Å². The number of anilines is 2. The molecule has 1 aromatic carbocycles. The summed E-state index contributed by atoms with van der Waals surface area (Å²) < 4.78 is 13.2. The van der Waals surface area contributed by atoms with Crippen molar-refractivity contribution in [1.29, 1.82) is 0 Å². The second-order valence-electron chi connectivity index (χ2n) is 5.43. The third kappa shape index (κ3) is 3.75. The summed E-state index contributed by atoms with van der Waals surface area (Å²) in [6.07, 6.45) is 0.581. The number of halogens is 2. The van der Waals surface area contributed by atoms with Crippen molar-refractivity contribution < 1.29 is 9.50 Å². The van der Waals surface area contributed by atoms with Crippen LogP contribution < -0.4 is 11.1 Å². The molecule has 0 aliphatic carbocycles. The highest BCUT2D eigenvalue weighted by Gasteiger charge is 2.24. The number of hydrogen-bond acceptors (Lipinski definition) is 3. The molecule has 0 amide bonds. The van der Waals surface area contributed by atoms with Crippen LogP contribution >= 0.6 is 11.6 Å². The van der Waals surface area contributed by atoms with Crippen molar-refractivity contribution in [2.45, 2.75) is 33.2 Å². The van der Waals surface area contributed by atoms with E-state index in [1.807, 2.05) is 0 Å². The Morgan fingerprint density at radius 1 is 1.44 bits per heavy atom. The third-order valence-electron chi connectivity index (χ3n) is 2.89. The van der Waals surface area contributed by atoms with Crippen molar-refractivity contribution in [1.82, 2.24) is 0 Å². The maximum absolute atomic E-state index is 13.2. The first-order valence-corrected chi connectivity index (χ1v) is 6.25. The molecule has 0 heterocycles. The summed E-state index contributed by atoms with van der Waals surface area (Å²) in [5.74, 6) is -0.533. The van der Waals surface area contributed by atoms with Gasteiger partial charge in [0.1, 0.15) is 5.82 Å². The van der Waals surface area contributed by atoms with E-state index in [1.54, 1.807) is 0 Å². The number of hydrogen-bond donors (Lipinski definition) is 3. The van der Waals surface area contributed by atoms with Gasteiger partial charge in [0.2, 0.25) is 0 Å². The molecule has 18 heavy (non-hydrogen) atoms. The molecule has 0 aromatic heterocycles. The summed E-state index contributed by atoms with van der Waals surface area (Å²) in [5, 5.41) is 12.3. The first kappa shape index (κ1) is 15.1. The van der Waals surface area contributed by atoms with E-state index in [0.717, 1.165) is 0 Å². The topological polar surface area (TPSA) is 58.3 Å². The lowest BCUT2D eigenvalue weighted by atomic mass is 9.84. The van der Waals surface area contributed by atoms with Gasteiger partial charge in [-0.25, -0.2) is 4.39 Å². The molecule has 0 bridgehead atoms. The van der Waals surface area contributed by atoms with E-state index < -0.39 is 5.82 Å². The molecule has 0 saturated heterocycles. The quantitative estimate of drug-likeness (QED) is 0.739. The number of nitrogen functional groups attached to an aromatic ring is 1. The van der Waals surface area contributed by atoms with Crippen molar-refractivity contribution >= 4 is 23.0 Å². The van der Waals surface area contributed by atoms with Crippen molar-refractivity contribution in [3.63, 3.8) is 0 Å². The zero-order chi connectivity index (χ0) is 13.9. The molecule has 0 spiro atoms. The van der Waals surface area contributed by atoms with Gasteiger partial charge in [0.25, 0.3) is 0 Å². The molecule has 0 aliphatic heterocycles. The minimum atomic E-state index is -0.533. The van der Waals surface area contributed by atoms with Gasteiger partial charge in [0.05, 0.1) is 16.4 Å². The molecule has 0 saturated carbocycles. The van der Waals surface area contributed by atoms with Crippen LogP contribution in [0, 0.1) is 11.2 Å². The SMILES string of the molecule is CC(C)(C)C(CCO)Nc1cc(Cl)c(F)cc1N. The van der Waals surface area contributed by atoms with Gasteiger partial charge < -0.3 is 16.2 Å². The number of rotatable bonds is 4. The molecule has 3 nitrogen and oxygen atoms in total. The fraction of sp³-hybridized carbons (Fsp3) is 0.538. The lowest BCUT2D eigenvalue weighted by Crippen LogP contribution is -2.35. The lowest BCUT2D eigenvalue weighted by molar-refractivity contribution is 0.235. The van der Waals surface area contributed by atoms with Crippen LogP contribution in [0.25, 0.3) is 0 Å². The van der Waals surface area contributed by atoms with E-state index in [2.05, 4.69) is 26.1 Å². The van der Waals surface area contributed by atoms with Crippen LogP contribution in [0.3, 0.4) is 0 Å². The Hall–Kier alpha value is -1.00. The van der Waals surface area contributed by atoms with Gasteiger partial charge in [-0.3, -0.25) is 0 Å². The summed E-state index contributed by atoms with van der Waals surface area (Å²) in [6, 6.07) is 2.69. The van der Waals surface area contributed by atoms with Crippen LogP contribution in [0.4, 0.5) is 15.8 Å². The second kappa shape index (κ2) is 5.76. The minimum absolute atomic E-state index is 0.0197. The van der Waals surface area contributed by atoms with Crippen LogP contribution in [0.2, 0.25) is 5.02 Å². The van der Waals surface area contributed by atoms with Crippen LogP contribution in [-0.4, -0.2) is 17.8 Å². The van der Waals surface area contributed by atoms with Gasteiger partial charge in [-0.1, -0.05) is 32.4 Å². The first-order chi connectivity index (χ1) is 8.25. The summed E-state index contributed by atoms with van der Waals surface area (Å²) >= 11 is 5.74. The predicted molar refractivity (Wildman–Crippen MR) is 74.4 cm³/mol. The van der Waals surface area contributed by atoms with Crippen molar-refractivity contribution in [3.05, 3.63) is 23.0 Å². The normalized spacial score (nSPS) is 13.4. The van der Waals surface area contributed by atoms with E-state index in [-0.39, 0.29) is 23.1 Å². The van der Waals surface area contributed by atoms with Gasteiger partial charge in [-0.15, -0.1) is 0 Å². The average molecular weight is 275 g/mol. The van der Waals surface area contributed by atoms with E-state index in [1.165, 1.54) is 12.1 Å². The van der Waals surface area contributed by atoms with E-state index in [4.69, 9.17) is 22.4 Å². The molecule has 4 N–H and O–H groups in total. The largest absolute Gasteiger partial charge is 0.397 e. The zero-order valence-corrected chi connectivity index (χ0v) is 11.7. The first-order valence-electron chi connectivity index (χ1n) is 5.87. The van der Waals surface area contributed by atoms with Crippen LogP contribution in [0.1, 0.15) is 27.2 Å². The number of nitrogens with two attached hydrogens (primary N) is 1. The Morgan fingerprint density at radius 2 is 2.06 bits per heavy atom. The molecule has 1 atom stereocenters. The van der Waals surface area contributed by atoms with Crippen LogP contribution in [0.15, 0.2) is 12.1 Å². The fourth-order valence-corrected chi connectivity index (χ4v) is 1.89. The summed E-state index contributed by atoms with van der Waals surface area (Å²) in [4.78, 5) is 0. The van der Waals surface area contributed by atoms with Gasteiger partial charge in [0.15, 0.2) is 0 Å². The van der Waals surface area contributed by atoms with E-state index in [0.29, 0.717) is 17.8 Å². The predicted octanol–water partition coefficient (Wildman–Crippen LogP) is 3.27. The number of nitrogens with one attached hydrogen (secondary N) is 1. The van der Waals surface area contributed by atoms with Crippen molar-refractivity contribution in [2.24, 2.45) is 5.41 Å². The van der Waals surface area contributed by atoms with Crippen LogP contribution in [0.5, 0.6) is 0 Å². The highest BCUT2D eigenvalue weighted by Crippen LogP contribution is 2.31.